The van der Waals surface area contributed by atoms with Gasteiger partial charge in [0, 0.05) is 43.0 Å². The van der Waals surface area contributed by atoms with Crippen LogP contribution in [0.2, 0.25) is 0 Å². The van der Waals surface area contributed by atoms with Gasteiger partial charge in [0.15, 0.2) is 11.5 Å². The van der Waals surface area contributed by atoms with Crippen molar-refractivity contribution in [2.75, 3.05) is 44.2 Å². The smallest absolute Gasteiger partial charge is 0.321 e. The van der Waals surface area contributed by atoms with Gasteiger partial charge in [-0.05, 0) is 51.1 Å². The van der Waals surface area contributed by atoms with Gasteiger partial charge in [-0.1, -0.05) is 6.92 Å². The van der Waals surface area contributed by atoms with Gasteiger partial charge < -0.3 is 45.1 Å². The molecule has 0 fully saturated rings. The van der Waals surface area contributed by atoms with Gasteiger partial charge in [-0.2, -0.15) is 0 Å². The zero-order valence-electron chi connectivity index (χ0n) is 23.4. The molecule has 2 aromatic carbocycles. The van der Waals surface area contributed by atoms with Gasteiger partial charge in [0.1, 0.15) is 11.9 Å². The lowest BCUT2D eigenvalue weighted by molar-refractivity contribution is 0.0371. The molecule has 216 valence electrons. The summed E-state index contributed by atoms with van der Waals surface area (Å²) in [5.74, 6) is 1.02. The van der Waals surface area contributed by atoms with Crippen molar-refractivity contribution >= 4 is 29.3 Å². The third-order valence-corrected chi connectivity index (χ3v) is 6.77. The number of aliphatic hydroxyl groups is 1. The van der Waals surface area contributed by atoms with Crippen LogP contribution in [0.3, 0.4) is 0 Å². The lowest BCUT2D eigenvalue weighted by atomic mass is 9.99. The first-order valence-corrected chi connectivity index (χ1v) is 13.3. The van der Waals surface area contributed by atoms with E-state index in [1.54, 1.807) is 55.3 Å². The number of hydrogen-bond donors (Lipinski definition) is 4. The van der Waals surface area contributed by atoms with Crippen molar-refractivity contribution in [1.29, 1.82) is 0 Å². The lowest BCUT2D eigenvalue weighted by Crippen LogP contribution is -2.50. The van der Waals surface area contributed by atoms with E-state index in [0.717, 1.165) is 0 Å². The molecule has 0 radical (unpaired) electrons. The van der Waals surface area contributed by atoms with Crippen LogP contribution in [-0.2, 0) is 0 Å². The van der Waals surface area contributed by atoms with Gasteiger partial charge in [-0.25, -0.2) is 9.59 Å². The number of amides is 5. The van der Waals surface area contributed by atoms with Crippen LogP contribution in [0.25, 0.3) is 0 Å². The predicted octanol–water partition coefficient (Wildman–Crippen LogP) is 3.33. The van der Waals surface area contributed by atoms with Crippen molar-refractivity contribution in [2.24, 2.45) is 5.92 Å². The maximum absolute atomic E-state index is 13.6. The van der Waals surface area contributed by atoms with Crippen LogP contribution in [0.1, 0.15) is 38.1 Å². The molecule has 12 heteroatoms. The van der Waals surface area contributed by atoms with E-state index in [2.05, 4.69) is 16.0 Å². The summed E-state index contributed by atoms with van der Waals surface area (Å²) in [5, 5.41) is 18.2. The van der Waals surface area contributed by atoms with E-state index in [1.165, 1.54) is 4.90 Å². The van der Waals surface area contributed by atoms with Crippen LogP contribution in [0.15, 0.2) is 36.4 Å². The summed E-state index contributed by atoms with van der Waals surface area (Å²) in [5.41, 5.74) is 1.25. The number of carbonyl (C=O) groups excluding carboxylic acids is 3. The molecule has 0 aromatic heterocycles. The average Bonchev–Trinajstić information content (AvgIpc) is 3.38. The number of aliphatic hydroxyl groups excluding tert-OH is 1. The van der Waals surface area contributed by atoms with E-state index in [1.807, 2.05) is 20.8 Å². The quantitative estimate of drug-likeness (QED) is 0.411. The summed E-state index contributed by atoms with van der Waals surface area (Å²) < 4.78 is 17.0. The van der Waals surface area contributed by atoms with Gasteiger partial charge in [0.25, 0.3) is 5.91 Å². The van der Waals surface area contributed by atoms with Crippen molar-refractivity contribution in [2.45, 2.75) is 45.9 Å². The number of likely N-dealkylation sites (N-methyl/N-ethyl adjacent to an activating group) is 1. The van der Waals surface area contributed by atoms with Gasteiger partial charge >= 0.3 is 12.1 Å². The summed E-state index contributed by atoms with van der Waals surface area (Å²) >= 11 is 0. The molecule has 3 atom stereocenters. The largest absolute Gasteiger partial charge is 0.487 e. The molecule has 4 N–H and O–H groups in total. The molecule has 40 heavy (non-hydrogen) atoms. The maximum atomic E-state index is 13.6. The molecule has 2 aliphatic heterocycles. The minimum Gasteiger partial charge on any atom is -0.487 e. The standard InChI is InChI=1S/C28H37N5O7/c1-16(2)29-27(36)30-19-6-8-22-21(10-19)26(35)33(18(4)14-34)12-17(3)25(40-22)13-32(5)28(37)31-20-7-9-23-24(11-20)39-15-38-23/h6-11,16-18,25,34H,12-15H2,1-5H3,(H,31,37)(H2,29,30,36)/t17-,18+,25-/m0/s1. The fraction of sp³-hybridized carbons (Fsp3) is 0.464. The monoisotopic (exact) mass is 555 g/mol. The molecule has 4 rings (SSSR count). The minimum absolute atomic E-state index is 0.0586. The third-order valence-electron chi connectivity index (χ3n) is 6.77. The Hall–Kier alpha value is -4.19. The van der Waals surface area contributed by atoms with Crippen molar-refractivity contribution in [3.8, 4) is 17.2 Å². The molecule has 0 unspecified atom stereocenters. The van der Waals surface area contributed by atoms with Crippen LogP contribution in [0.5, 0.6) is 17.2 Å². The van der Waals surface area contributed by atoms with E-state index in [4.69, 9.17) is 14.2 Å². The zero-order chi connectivity index (χ0) is 29.0. The van der Waals surface area contributed by atoms with Crippen molar-refractivity contribution in [3.05, 3.63) is 42.0 Å². The Labute approximate surface area is 233 Å². The number of nitrogens with one attached hydrogen (secondary N) is 3. The average molecular weight is 556 g/mol. The number of benzene rings is 2. The molecule has 0 saturated heterocycles. The maximum Gasteiger partial charge on any atom is 0.321 e. The highest BCUT2D eigenvalue weighted by Crippen LogP contribution is 2.34. The highest BCUT2D eigenvalue weighted by Gasteiger charge is 2.34. The number of hydrogen-bond acceptors (Lipinski definition) is 7. The number of nitrogens with zero attached hydrogens (tertiary/aromatic N) is 2. The second-order valence-electron chi connectivity index (χ2n) is 10.5. The van der Waals surface area contributed by atoms with E-state index in [0.29, 0.717) is 35.2 Å². The molecular formula is C28H37N5O7. The van der Waals surface area contributed by atoms with E-state index < -0.39 is 18.2 Å². The Bertz CT molecular complexity index is 1250. The zero-order valence-corrected chi connectivity index (χ0v) is 23.4. The highest BCUT2D eigenvalue weighted by molar-refractivity contribution is 5.99. The first-order valence-electron chi connectivity index (χ1n) is 13.3. The number of rotatable bonds is 7. The van der Waals surface area contributed by atoms with Crippen LogP contribution >= 0.6 is 0 Å². The molecule has 2 heterocycles. The van der Waals surface area contributed by atoms with Gasteiger partial charge in [0.2, 0.25) is 6.79 Å². The van der Waals surface area contributed by atoms with Gasteiger partial charge in [0.05, 0.1) is 24.8 Å². The second kappa shape index (κ2) is 12.3. The summed E-state index contributed by atoms with van der Waals surface area (Å²) in [6.07, 6.45) is -0.476. The highest BCUT2D eigenvalue weighted by atomic mass is 16.7. The molecule has 0 bridgehead atoms. The Morgan fingerprint density at radius 3 is 2.42 bits per heavy atom. The Morgan fingerprint density at radius 1 is 1.05 bits per heavy atom. The molecule has 12 nitrogen and oxygen atoms in total. The summed E-state index contributed by atoms with van der Waals surface area (Å²) in [6, 6.07) is 8.79. The predicted molar refractivity (Wildman–Crippen MR) is 149 cm³/mol. The number of urea groups is 2. The topological polar surface area (TPSA) is 142 Å². The third kappa shape index (κ3) is 6.68. The van der Waals surface area contributed by atoms with Crippen LogP contribution in [0, 0.1) is 5.92 Å². The fourth-order valence-corrected chi connectivity index (χ4v) is 4.49. The van der Waals surface area contributed by atoms with E-state index >= 15 is 0 Å². The van der Waals surface area contributed by atoms with Crippen LogP contribution in [0.4, 0.5) is 21.0 Å². The molecule has 0 saturated carbocycles. The molecule has 2 aliphatic rings. The van der Waals surface area contributed by atoms with E-state index in [9.17, 15) is 19.5 Å². The molecule has 2 aromatic rings. The number of fused-ring (bicyclic) bond motifs is 2. The first-order chi connectivity index (χ1) is 19.0. The lowest BCUT2D eigenvalue weighted by Gasteiger charge is -2.38. The number of anilines is 2. The van der Waals surface area contributed by atoms with Crippen LogP contribution < -0.4 is 30.2 Å². The normalized spacial score (nSPS) is 18.7. The Morgan fingerprint density at radius 2 is 1.73 bits per heavy atom. The van der Waals surface area contributed by atoms with Crippen molar-refractivity contribution < 1.29 is 33.7 Å². The second-order valence-corrected chi connectivity index (χ2v) is 10.5. The van der Waals surface area contributed by atoms with Gasteiger partial charge in [-0.3, -0.25) is 4.79 Å². The fourth-order valence-electron chi connectivity index (χ4n) is 4.49. The summed E-state index contributed by atoms with van der Waals surface area (Å²) in [4.78, 5) is 42.0. The van der Waals surface area contributed by atoms with E-state index in [-0.39, 0.29) is 49.4 Å². The first kappa shape index (κ1) is 28.8. The molecule has 0 aliphatic carbocycles. The van der Waals surface area contributed by atoms with Gasteiger partial charge in [-0.15, -0.1) is 0 Å². The summed E-state index contributed by atoms with van der Waals surface area (Å²) in [6.45, 7) is 7.85. The number of ether oxygens (including phenoxy) is 3. The Balaban J connectivity index is 1.54. The van der Waals surface area contributed by atoms with Crippen LogP contribution in [-0.4, -0.2) is 84.6 Å². The SMILES string of the molecule is CC(C)NC(=O)Nc1ccc2c(c1)C(=O)N([C@H](C)CO)C[C@H](C)[C@H](CN(C)C(=O)Nc1ccc3c(c1)OCO3)O2. The van der Waals surface area contributed by atoms with Crippen molar-refractivity contribution in [1.82, 2.24) is 15.1 Å². The van der Waals surface area contributed by atoms with Crippen molar-refractivity contribution in [3.63, 3.8) is 0 Å². The summed E-state index contributed by atoms with van der Waals surface area (Å²) in [7, 11) is 1.66. The number of carbonyl (C=O) groups is 3. The molecule has 5 amide bonds. The molecule has 0 spiro atoms. The minimum atomic E-state index is -0.476. The molecular weight excluding hydrogens is 518 g/mol. The Kier molecular flexibility index (Phi) is 8.88.